The van der Waals surface area contributed by atoms with Gasteiger partial charge in [-0.25, -0.2) is 5.43 Å². The van der Waals surface area contributed by atoms with Gasteiger partial charge in [-0.15, -0.1) is 0 Å². The fraction of sp³-hybridized carbons (Fsp3) is 0.261. The summed E-state index contributed by atoms with van der Waals surface area (Å²) in [7, 11) is 3.98. The minimum Gasteiger partial charge on any atom is -0.378 e. The molecule has 2 N–H and O–H groups in total. The lowest BCUT2D eigenvalue weighted by atomic mass is 10.0. The molecule has 3 aromatic rings. The van der Waals surface area contributed by atoms with E-state index in [9.17, 15) is 4.79 Å². The highest BCUT2D eigenvalue weighted by atomic mass is 16.2. The van der Waals surface area contributed by atoms with E-state index >= 15 is 0 Å². The van der Waals surface area contributed by atoms with E-state index in [0.717, 1.165) is 28.9 Å². The van der Waals surface area contributed by atoms with Gasteiger partial charge in [0.05, 0.1) is 11.9 Å². The number of anilines is 1. The smallest absolute Gasteiger partial charge is 0.289 e. The largest absolute Gasteiger partial charge is 0.378 e. The summed E-state index contributed by atoms with van der Waals surface area (Å²) in [6, 6.07) is 17.9. The van der Waals surface area contributed by atoms with E-state index in [2.05, 4.69) is 46.7 Å². The Kier molecular flexibility index (Phi) is 6.44. The number of rotatable bonds is 7. The Morgan fingerprint density at radius 3 is 2.45 bits per heavy atom. The van der Waals surface area contributed by atoms with Crippen molar-refractivity contribution in [2.75, 3.05) is 19.0 Å². The van der Waals surface area contributed by atoms with Crippen LogP contribution in [0.25, 0.3) is 11.3 Å². The van der Waals surface area contributed by atoms with Crippen LogP contribution in [0.4, 0.5) is 5.69 Å². The van der Waals surface area contributed by atoms with Crippen LogP contribution in [0.2, 0.25) is 0 Å². The van der Waals surface area contributed by atoms with E-state index in [1.165, 1.54) is 5.56 Å². The predicted octanol–water partition coefficient (Wildman–Crippen LogP) is 4.11. The van der Waals surface area contributed by atoms with Crippen molar-refractivity contribution in [2.24, 2.45) is 11.0 Å². The maximum Gasteiger partial charge on any atom is 0.289 e. The number of benzene rings is 2. The topological polar surface area (TPSA) is 73.4 Å². The van der Waals surface area contributed by atoms with Crippen molar-refractivity contribution in [3.63, 3.8) is 0 Å². The van der Waals surface area contributed by atoms with Gasteiger partial charge in [-0.05, 0) is 41.7 Å². The molecular formula is C23H27N5O. The highest BCUT2D eigenvalue weighted by Crippen LogP contribution is 2.19. The maximum atomic E-state index is 12.3. The fourth-order valence-electron chi connectivity index (χ4n) is 2.95. The van der Waals surface area contributed by atoms with Gasteiger partial charge in [-0.2, -0.15) is 10.2 Å². The molecule has 0 fully saturated rings. The summed E-state index contributed by atoms with van der Waals surface area (Å²) in [5.41, 5.74) is 7.90. The van der Waals surface area contributed by atoms with Crippen LogP contribution in [0.1, 0.15) is 35.5 Å². The molecule has 0 atom stereocenters. The van der Waals surface area contributed by atoms with Crippen LogP contribution in [0.15, 0.2) is 59.7 Å². The number of aromatic amines is 1. The van der Waals surface area contributed by atoms with Crippen molar-refractivity contribution in [2.45, 2.75) is 20.3 Å². The zero-order valence-corrected chi connectivity index (χ0v) is 17.3. The Morgan fingerprint density at radius 1 is 1.14 bits per heavy atom. The van der Waals surface area contributed by atoms with Gasteiger partial charge in [0.15, 0.2) is 0 Å². The van der Waals surface area contributed by atoms with E-state index < -0.39 is 0 Å². The third-order valence-electron chi connectivity index (χ3n) is 4.51. The van der Waals surface area contributed by atoms with Crippen molar-refractivity contribution < 1.29 is 4.79 Å². The summed E-state index contributed by atoms with van der Waals surface area (Å²) in [5.74, 6) is 0.286. The second-order valence-corrected chi connectivity index (χ2v) is 7.65. The number of carbonyl (C=O) groups excluding carboxylic acids is 1. The normalized spacial score (nSPS) is 11.2. The highest BCUT2D eigenvalue weighted by Gasteiger charge is 2.10. The van der Waals surface area contributed by atoms with Crippen molar-refractivity contribution in [1.29, 1.82) is 0 Å². The molecule has 6 nitrogen and oxygen atoms in total. The lowest BCUT2D eigenvalue weighted by molar-refractivity contribution is 0.0950. The minimum atomic E-state index is -0.332. The molecule has 0 aliphatic heterocycles. The standard InChI is InChI=1S/C23H27N5O/c1-16(2)13-17-5-9-19(10-6-17)21-14-22(26-25-21)23(29)27-24-15-18-7-11-20(12-8-18)28(3)4/h5-12,14-16H,13H2,1-4H3,(H,25,26)(H,27,29)/b24-15+. The highest BCUT2D eigenvalue weighted by molar-refractivity contribution is 5.94. The average Bonchev–Trinajstić information content (AvgIpc) is 3.19. The van der Waals surface area contributed by atoms with Gasteiger partial charge in [0.1, 0.15) is 5.69 Å². The van der Waals surface area contributed by atoms with Crippen LogP contribution in [0.3, 0.4) is 0 Å². The third kappa shape index (κ3) is 5.54. The number of hydrogen-bond acceptors (Lipinski definition) is 4. The molecule has 1 amide bonds. The molecule has 2 aromatic carbocycles. The lowest BCUT2D eigenvalue weighted by Crippen LogP contribution is -2.18. The molecule has 0 saturated heterocycles. The van der Waals surface area contributed by atoms with Gasteiger partial charge in [0, 0.05) is 25.3 Å². The molecule has 150 valence electrons. The molecule has 1 aromatic heterocycles. The number of nitrogens with zero attached hydrogens (tertiary/aromatic N) is 3. The number of amides is 1. The van der Waals surface area contributed by atoms with Gasteiger partial charge in [0.2, 0.25) is 0 Å². The zero-order chi connectivity index (χ0) is 20.8. The minimum absolute atomic E-state index is 0.332. The summed E-state index contributed by atoms with van der Waals surface area (Å²) in [6.45, 7) is 4.40. The van der Waals surface area contributed by atoms with Gasteiger partial charge >= 0.3 is 0 Å². The number of hydrazone groups is 1. The molecule has 0 saturated carbocycles. The summed E-state index contributed by atoms with van der Waals surface area (Å²) in [5, 5.41) is 11.1. The number of hydrogen-bond donors (Lipinski definition) is 2. The molecule has 0 aliphatic rings. The van der Waals surface area contributed by atoms with Crippen molar-refractivity contribution in [3.8, 4) is 11.3 Å². The number of aromatic nitrogens is 2. The first-order valence-electron chi connectivity index (χ1n) is 9.68. The Labute approximate surface area is 171 Å². The Bertz CT molecular complexity index is 969. The quantitative estimate of drug-likeness (QED) is 0.472. The van der Waals surface area contributed by atoms with Crippen LogP contribution >= 0.6 is 0 Å². The van der Waals surface area contributed by atoms with Gasteiger partial charge in [-0.3, -0.25) is 9.89 Å². The van der Waals surface area contributed by atoms with Crippen molar-refractivity contribution >= 4 is 17.8 Å². The van der Waals surface area contributed by atoms with E-state index in [4.69, 9.17) is 0 Å². The van der Waals surface area contributed by atoms with E-state index in [1.807, 2.05) is 55.4 Å². The Morgan fingerprint density at radius 2 is 1.83 bits per heavy atom. The molecular weight excluding hydrogens is 362 g/mol. The first-order chi connectivity index (χ1) is 13.9. The molecule has 1 heterocycles. The molecule has 0 spiro atoms. The van der Waals surface area contributed by atoms with Crippen LogP contribution in [0, 0.1) is 5.92 Å². The molecule has 0 radical (unpaired) electrons. The number of nitrogens with one attached hydrogen (secondary N) is 2. The zero-order valence-electron chi connectivity index (χ0n) is 17.3. The monoisotopic (exact) mass is 389 g/mol. The first-order valence-corrected chi connectivity index (χ1v) is 9.68. The van der Waals surface area contributed by atoms with Crippen LogP contribution in [-0.4, -0.2) is 36.4 Å². The SMILES string of the molecule is CC(C)Cc1ccc(-c2cc(C(=O)N/N=C/c3ccc(N(C)C)cc3)[nH]n2)cc1. The van der Waals surface area contributed by atoms with Crippen LogP contribution in [-0.2, 0) is 6.42 Å². The number of H-pyrrole nitrogens is 1. The predicted molar refractivity (Wildman–Crippen MR) is 118 cm³/mol. The Hall–Kier alpha value is -3.41. The maximum absolute atomic E-state index is 12.3. The van der Waals surface area contributed by atoms with E-state index in [-0.39, 0.29) is 5.91 Å². The summed E-state index contributed by atoms with van der Waals surface area (Å²) in [4.78, 5) is 14.3. The lowest BCUT2D eigenvalue weighted by Gasteiger charge is -2.11. The summed E-state index contributed by atoms with van der Waals surface area (Å²) < 4.78 is 0. The van der Waals surface area contributed by atoms with Crippen LogP contribution in [0.5, 0.6) is 0 Å². The van der Waals surface area contributed by atoms with Crippen LogP contribution < -0.4 is 10.3 Å². The fourth-order valence-corrected chi connectivity index (χ4v) is 2.95. The van der Waals surface area contributed by atoms with Gasteiger partial charge in [-0.1, -0.05) is 50.2 Å². The molecule has 6 heteroatoms. The molecule has 0 aliphatic carbocycles. The number of carbonyl (C=O) groups is 1. The summed E-state index contributed by atoms with van der Waals surface area (Å²) in [6.07, 6.45) is 2.66. The molecule has 0 bridgehead atoms. The second-order valence-electron chi connectivity index (χ2n) is 7.65. The van der Waals surface area contributed by atoms with Crippen molar-refractivity contribution in [3.05, 3.63) is 71.4 Å². The van der Waals surface area contributed by atoms with E-state index in [0.29, 0.717) is 11.6 Å². The van der Waals surface area contributed by atoms with Crippen molar-refractivity contribution in [1.82, 2.24) is 15.6 Å². The molecule has 29 heavy (non-hydrogen) atoms. The molecule has 3 rings (SSSR count). The second kappa shape index (κ2) is 9.19. The van der Waals surface area contributed by atoms with Gasteiger partial charge in [0.25, 0.3) is 5.91 Å². The summed E-state index contributed by atoms with van der Waals surface area (Å²) >= 11 is 0. The Balaban J connectivity index is 1.60. The van der Waals surface area contributed by atoms with E-state index in [1.54, 1.807) is 12.3 Å². The third-order valence-corrected chi connectivity index (χ3v) is 4.51. The van der Waals surface area contributed by atoms with Gasteiger partial charge < -0.3 is 4.90 Å². The average molecular weight is 390 g/mol. The first kappa shape index (κ1) is 20.3. The molecule has 0 unspecified atom stereocenters.